The number of rotatable bonds is 3. The van der Waals surface area contributed by atoms with Crippen molar-refractivity contribution < 1.29 is 12.8 Å². The molecule has 0 bridgehead atoms. The summed E-state index contributed by atoms with van der Waals surface area (Å²) < 4.78 is 40.1. The fraction of sp³-hybridized carbons (Fsp3) is 0.222. The van der Waals surface area contributed by atoms with E-state index in [1.54, 1.807) is 19.1 Å². The zero-order chi connectivity index (χ0) is 16.4. The average molecular weight is 331 g/mol. The number of fused-ring (bicyclic) bond motifs is 1. The van der Waals surface area contributed by atoms with Crippen molar-refractivity contribution in [3.8, 4) is 0 Å². The largest absolute Gasteiger partial charge is 0.236 e. The Morgan fingerprint density at radius 1 is 1.17 bits per heavy atom. The van der Waals surface area contributed by atoms with E-state index in [0.29, 0.717) is 13.0 Å². The molecule has 23 heavy (non-hydrogen) atoms. The lowest BCUT2D eigenvalue weighted by Gasteiger charge is -2.33. The summed E-state index contributed by atoms with van der Waals surface area (Å²) in [6, 6.07) is 13.5. The van der Waals surface area contributed by atoms with Gasteiger partial charge in [0.25, 0.3) is 0 Å². The minimum atomic E-state index is -3.56. The highest BCUT2D eigenvalue weighted by Crippen LogP contribution is 2.32. The van der Waals surface area contributed by atoms with Gasteiger partial charge >= 0.3 is 0 Å². The quantitative estimate of drug-likeness (QED) is 0.859. The van der Waals surface area contributed by atoms with E-state index in [9.17, 15) is 12.8 Å². The summed E-state index contributed by atoms with van der Waals surface area (Å²) in [5.41, 5.74) is 2.58. The molecule has 0 fully saturated rings. The Bertz CT molecular complexity index is 831. The van der Waals surface area contributed by atoms with E-state index in [4.69, 9.17) is 0 Å². The van der Waals surface area contributed by atoms with Crippen LogP contribution in [0.5, 0.6) is 0 Å². The van der Waals surface area contributed by atoms with Gasteiger partial charge in [-0.1, -0.05) is 36.4 Å². The fourth-order valence-electron chi connectivity index (χ4n) is 2.92. The maximum atomic E-state index is 13.5. The summed E-state index contributed by atoms with van der Waals surface area (Å²) >= 11 is 0. The van der Waals surface area contributed by atoms with E-state index in [2.05, 4.69) is 0 Å². The molecule has 0 aliphatic carbocycles. The van der Waals surface area contributed by atoms with Gasteiger partial charge in [-0.15, -0.1) is 0 Å². The number of sulfonamides is 1. The van der Waals surface area contributed by atoms with Crippen LogP contribution in [0.2, 0.25) is 0 Å². The molecule has 0 radical (unpaired) electrons. The highest BCUT2D eigenvalue weighted by Gasteiger charge is 2.31. The van der Waals surface area contributed by atoms with E-state index >= 15 is 0 Å². The highest BCUT2D eigenvalue weighted by molar-refractivity contribution is 7.92. The van der Waals surface area contributed by atoms with E-state index in [1.807, 2.05) is 30.3 Å². The van der Waals surface area contributed by atoms with Crippen LogP contribution in [0.4, 0.5) is 4.39 Å². The number of hydrogen-bond donors (Lipinski definition) is 0. The molecule has 0 saturated heterocycles. The van der Waals surface area contributed by atoms with E-state index in [1.165, 1.54) is 21.8 Å². The highest BCUT2D eigenvalue weighted by atomic mass is 32.2. The van der Waals surface area contributed by atoms with Crippen LogP contribution in [0.1, 0.15) is 29.7 Å². The van der Waals surface area contributed by atoms with Crippen molar-refractivity contribution in [2.45, 2.75) is 19.4 Å². The molecule has 0 spiro atoms. The molecule has 0 N–H and O–H groups in total. The van der Waals surface area contributed by atoms with E-state index < -0.39 is 10.0 Å². The summed E-state index contributed by atoms with van der Waals surface area (Å²) in [6.07, 6.45) is 2.18. The van der Waals surface area contributed by atoms with Gasteiger partial charge in [-0.05, 0) is 48.2 Å². The third kappa shape index (κ3) is 3.35. The van der Waals surface area contributed by atoms with Crippen LogP contribution in [0.15, 0.2) is 53.9 Å². The predicted molar refractivity (Wildman–Crippen MR) is 89.6 cm³/mol. The Morgan fingerprint density at radius 2 is 1.91 bits per heavy atom. The smallest absolute Gasteiger partial charge is 0.207 e. The monoisotopic (exact) mass is 331 g/mol. The lowest BCUT2D eigenvalue weighted by molar-refractivity contribution is 0.329. The molecule has 0 aromatic heterocycles. The molecular formula is C18H18FNO2S. The van der Waals surface area contributed by atoms with Gasteiger partial charge in [-0.3, -0.25) is 0 Å². The first-order chi connectivity index (χ1) is 11.0. The third-order valence-electron chi connectivity index (χ3n) is 4.15. The molecule has 1 unspecified atom stereocenters. The molecule has 3 nitrogen and oxygen atoms in total. The SMILES string of the molecule is CC1c2cc(F)ccc2CCN1S(=O)(=O)/C=C/c1ccccc1. The number of halogens is 1. The topological polar surface area (TPSA) is 37.4 Å². The van der Waals surface area contributed by atoms with Crippen LogP contribution < -0.4 is 0 Å². The minimum Gasteiger partial charge on any atom is -0.207 e. The van der Waals surface area contributed by atoms with Crippen LogP contribution in [0.3, 0.4) is 0 Å². The molecule has 5 heteroatoms. The van der Waals surface area contributed by atoms with Gasteiger partial charge in [0.05, 0.1) is 0 Å². The zero-order valence-electron chi connectivity index (χ0n) is 12.8. The van der Waals surface area contributed by atoms with Crippen molar-refractivity contribution in [3.05, 3.63) is 76.4 Å². The van der Waals surface area contributed by atoms with Crippen molar-refractivity contribution in [3.63, 3.8) is 0 Å². The first-order valence-electron chi connectivity index (χ1n) is 7.51. The summed E-state index contributed by atoms with van der Waals surface area (Å²) in [5.74, 6) is -0.338. The minimum absolute atomic E-state index is 0.338. The lowest BCUT2D eigenvalue weighted by atomic mass is 9.95. The predicted octanol–water partition coefficient (Wildman–Crippen LogP) is 3.75. The summed E-state index contributed by atoms with van der Waals surface area (Å²) in [5, 5.41) is 1.23. The lowest BCUT2D eigenvalue weighted by Crippen LogP contribution is -2.37. The van der Waals surface area contributed by atoms with E-state index in [-0.39, 0.29) is 11.9 Å². The standard InChI is InChI=1S/C18H18FNO2S/c1-14-18-13-17(19)8-7-16(18)9-11-20(14)23(21,22)12-10-15-5-3-2-4-6-15/h2-8,10,12-14H,9,11H2,1H3/b12-10+. The molecule has 1 aliphatic rings. The molecule has 120 valence electrons. The Balaban J connectivity index is 1.88. The van der Waals surface area contributed by atoms with Crippen LogP contribution in [0, 0.1) is 5.82 Å². The second kappa shape index (κ2) is 6.26. The van der Waals surface area contributed by atoms with Gasteiger partial charge in [0, 0.05) is 18.0 Å². The average Bonchev–Trinajstić information content (AvgIpc) is 2.55. The van der Waals surface area contributed by atoms with Crippen molar-refractivity contribution >= 4 is 16.1 Å². The zero-order valence-corrected chi connectivity index (χ0v) is 13.6. The first kappa shape index (κ1) is 15.9. The van der Waals surface area contributed by atoms with Crippen LogP contribution in [-0.4, -0.2) is 19.3 Å². The molecule has 2 aromatic rings. The van der Waals surface area contributed by atoms with Crippen LogP contribution in [0.25, 0.3) is 6.08 Å². The maximum absolute atomic E-state index is 13.5. The van der Waals surface area contributed by atoms with E-state index in [0.717, 1.165) is 16.7 Å². The van der Waals surface area contributed by atoms with Gasteiger partial charge in [0.15, 0.2) is 0 Å². The number of hydrogen-bond acceptors (Lipinski definition) is 2. The molecule has 1 atom stereocenters. The Labute approximate surface area is 136 Å². The maximum Gasteiger partial charge on any atom is 0.236 e. The Morgan fingerprint density at radius 3 is 2.65 bits per heavy atom. The van der Waals surface area contributed by atoms with Gasteiger partial charge < -0.3 is 0 Å². The van der Waals surface area contributed by atoms with Crippen molar-refractivity contribution in [1.82, 2.24) is 4.31 Å². The van der Waals surface area contributed by atoms with Gasteiger partial charge in [0.2, 0.25) is 10.0 Å². The molecule has 0 saturated carbocycles. The van der Waals surface area contributed by atoms with Crippen molar-refractivity contribution in [2.24, 2.45) is 0 Å². The summed E-state index contributed by atoms with van der Waals surface area (Å²) in [4.78, 5) is 0. The molecule has 2 aromatic carbocycles. The molecule has 3 rings (SSSR count). The number of benzene rings is 2. The normalized spacial score (nSPS) is 19.0. The Kier molecular flexibility index (Phi) is 4.33. The van der Waals surface area contributed by atoms with Crippen molar-refractivity contribution in [1.29, 1.82) is 0 Å². The molecule has 0 amide bonds. The molecule has 1 heterocycles. The second-order valence-electron chi connectivity index (χ2n) is 5.64. The third-order valence-corrected chi connectivity index (χ3v) is 5.78. The van der Waals surface area contributed by atoms with Crippen molar-refractivity contribution in [2.75, 3.05) is 6.54 Å². The van der Waals surface area contributed by atoms with Crippen LogP contribution >= 0.6 is 0 Å². The second-order valence-corrected chi connectivity index (χ2v) is 7.41. The summed E-state index contributed by atoms with van der Waals surface area (Å²) in [6.45, 7) is 2.20. The Hall–Kier alpha value is -1.98. The molecular weight excluding hydrogens is 313 g/mol. The van der Waals surface area contributed by atoms with Gasteiger partial charge in [0.1, 0.15) is 5.82 Å². The number of nitrogens with zero attached hydrogens (tertiary/aromatic N) is 1. The summed E-state index contributed by atoms with van der Waals surface area (Å²) in [7, 11) is -3.56. The van der Waals surface area contributed by atoms with Crippen LogP contribution in [-0.2, 0) is 16.4 Å². The first-order valence-corrected chi connectivity index (χ1v) is 9.01. The van der Waals surface area contributed by atoms with Gasteiger partial charge in [-0.25, -0.2) is 12.8 Å². The van der Waals surface area contributed by atoms with Gasteiger partial charge in [-0.2, -0.15) is 4.31 Å². The molecule has 1 aliphatic heterocycles. The fourth-order valence-corrected chi connectivity index (χ4v) is 4.30.